The fraction of sp³-hybridized carbons (Fsp3) is 0.321. The minimum Gasteiger partial charge on any atom is -0.328 e. The predicted molar refractivity (Wildman–Crippen MR) is 147 cm³/mol. The largest absolute Gasteiger partial charge is 0.337 e. The van der Waals surface area contributed by atoms with Gasteiger partial charge in [-0.15, -0.1) is 12.4 Å². The Bertz CT molecular complexity index is 1540. The molecule has 0 bridgehead atoms. The number of aromatic nitrogens is 3. The van der Waals surface area contributed by atoms with E-state index in [2.05, 4.69) is 22.0 Å². The molecule has 0 spiro atoms. The van der Waals surface area contributed by atoms with Gasteiger partial charge in [0, 0.05) is 18.6 Å². The van der Waals surface area contributed by atoms with Gasteiger partial charge in [-0.05, 0) is 74.7 Å². The van der Waals surface area contributed by atoms with E-state index < -0.39 is 17.1 Å². The maximum atomic E-state index is 14.2. The van der Waals surface area contributed by atoms with Gasteiger partial charge in [-0.2, -0.15) is 0 Å². The van der Waals surface area contributed by atoms with Gasteiger partial charge in [0.2, 0.25) is 0 Å². The molecule has 9 heteroatoms. The van der Waals surface area contributed by atoms with Crippen molar-refractivity contribution in [1.29, 1.82) is 0 Å². The molecule has 0 saturated heterocycles. The van der Waals surface area contributed by atoms with Gasteiger partial charge < -0.3 is 10.6 Å². The fourth-order valence-electron chi connectivity index (χ4n) is 5.19. The summed E-state index contributed by atoms with van der Waals surface area (Å²) in [5.74, 6) is -0.617. The first-order chi connectivity index (χ1) is 17.3. The number of nitrogens with two attached hydrogens (primary N) is 1. The van der Waals surface area contributed by atoms with Gasteiger partial charge in [-0.1, -0.05) is 36.4 Å². The van der Waals surface area contributed by atoms with Crippen molar-refractivity contribution in [3.05, 3.63) is 93.0 Å². The van der Waals surface area contributed by atoms with Crippen LogP contribution < -0.4 is 17.0 Å². The molecule has 0 aliphatic heterocycles. The summed E-state index contributed by atoms with van der Waals surface area (Å²) in [5.41, 5.74) is 8.95. The summed E-state index contributed by atoms with van der Waals surface area (Å²) < 4.78 is 16.9. The summed E-state index contributed by atoms with van der Waals surface area (Å²) in [5, 5.41) is 0.0860. The van der Waals surface area contributed by atoms with E-state index in [1.54, 1.807) is 0 Å². The van der Waals surface area contributed by atoms with Crippen molar-refractivity contribution < 1.29 is 4.39 Å². The van der Waals surface area contributed by atoms with Crippen molar-refractivity contribution in [2.45, 2.75) is 44.3 Å². The Morgan fingerprint density at radius 3 is 2.49 bits per heavy atom. The minimum atomic E-state index is -0.617. The minimum absolute atomic E-state index is 0. The van der Waals surface area contributed by atoms with Crippen molar-refractivity contribution in [1.82, 2.24) is 19.0 Å². The molecule has 0 amide bonds. The molecule has 2 heterocycles. The summed E-state index contributed by atoms with van der Waals surface area (Å²) in [6.45, 7) is 0.763. The zero-order chi connectivity index (χ0) is 25.4. The van der Waals surface area contributed by atoms with Crippen molar-refractivity contribution in [2.24, 2.45) is 5.73 Å². The third-order valence-electron chi connectivity index (χ3n) is 6.92. The SMILES string of the molecule is CN(C)Cc1ccccc1-c1cccc(-n2c(=O)n(C3CCC(N)CC3)c(=O)c3cc(F)cnc32)c1.Cl. The van der Waals surface area contributed by atoms with Crippen LogP contribution in [0.1, 0.15) is 37.3 Å². The number of halogens is 2. The van der Waals surface area contributed by atoms with Gasteiger partial charge >= 0.3 is 5.69 Å². The van der Waals surface area contributed by atoms with Crippen LogP contribution in [-0.4, -0.2) is 39.2 Å². The van der Waals surface area contributed by atoms with Crippen LogP contribution in [0.3, 0.4) is 0 Å². The van der Waals surface area contributed by atoms with E-state index in [4.69, 9.17) is 5.73 Å². The Morgan fingerprint density at radius 2 is 1.76 bits per heavy atom. The van der Waals surface area contributed by atoms with E-state index >= 15 is 0 Å². The Labute approximate surface area is 220 Å². The normalized spacial score (nSPS) is 17.6. The van der Waals surface area contributed by atoms with Crippen LogP contribution in [0, 0.1) is 5.82 Å². The smallest absolute Gasteiger partial charge is 0.328 e. The fourth-order valence-corrected chi connectivity index (χ4v) is 5.19. The quantitative estimate of drug-likeness (QED) is 0.422. The lowest BCUT2D eigenvalue weighted by molar-refractivity contribution is 0.309. The number of pyridine rings is 1. The summed E-state index contributed by atoms with van der Waals surface area (Å²) >= 11 is 0. The average Bonchev–Trinajstić information content (AvgIpc) is 2.86. The molecule has 2 aromatic heterocycles. The molecule has 37 heavy (non-hydrogen) atoms. The van der Waals surface area contributed by atoms with E-state index in [0.29, 0.717) is 18.5 Å². The second-order valence-electron chi connectivity index (χ2n) is 9.83. The number of fused-ring (bicyclic) bond motifs is 1. The van der Waals surface area contributed by atoms with Crippen LogP contribution in [0.2, 0.25) is 0 Å². The molecule has 2 N–H and O–H groups in total. The molecule has 0 atom stereocenters. The number of rotatable bonds is 5. The molecule has 1 saturated carbocycles. The second-order valence-corrected chi connectivity index (χ2v) is 9.83. The summed E-state index contributed by atoms with van der Waals surface area (Å²) in [4.78, 5) is 33.6. The molecular weight excluding hydrogens is 493 g/mol. The average molecular weight is 524 g/mol. The first-order valence-corrected chi connectivity index (χ1v) is 12.3. The van der Waals surface area contributed by atoms with Crippen LogP contribution in [0.4, 0.5) is 4.39 Å². The molecule has 7 nitrogen and oxygen atoms in total. The highest BCUT2D eigenvalue weighted by Gasteiger charge is 2.26. The summed E-state index contributed by atoms with van der Waals surface area (Å²) in [6, 6.07) is 16.7. The molecule has 0 radical (unpaired) electrons. The van der Waals surface area contributed by atoms with Gasteiger partial charge in [0.05, 0.1) is 17.3 Å². The zero-order valence-electron chi connectivity index (χ0n) is 20.9. The first-order valence-electron chi connectivity index (χ1n) is 12.3. The monoisotopic (exact) mass is 523 g/mol. The Morgan fingerprint density at radius 1 is 1.03 bits per heavy atom. The standard InChI is InChI=1S/C28H30FN5O2.ClH/c1-32(2)17-19-6-3-4-9-24(19)18-7-5-8-23(14-18)33-26-25(15-20(29)16-31-26)27(35)34(28(33)36)22-12-10-21(30)11-13-22;/h3-9,14-16,21-22H,10-13,17,30H2,1-2H3;1H. The molecular formula is C28H31ClFN5O2. The zero-order valence-corrected chi connectivity index (χ0v) is 21.7. The molecule has 4 aromatic rings. The highest BCUT2D eigenvalue weighted by molar-refractivity contribution is 5.85. The van der Waals surface area contributed by atoms with Gasteiger partial charge in [0.1, 0.15) is 5.82 Å². The van der Waals surface area contributed by atoms with Crippen LogP contribution in [0.5, 0.6) is 0 Å². The molecule has 1 fully saturated rings. The van der Waals surface area contributed by atoms with Crippen molar-refractivity contribution in [3.63, 3.8) is 0 Å². The summed E-state index contributed by atoms with van der Waals surface area (Å²) in [6.07, 6.45) is 3.76. The molecule has 2 aromatic carbocycles. The first kappa shape index (κ1) is 26.7. The molecule has 0 unspecified atom stereocenters. The molecule has 1 aliphatic rings. The van der Waals surface area contributed by atoms with Crippen LogP contribution in [-0.2, 0) is 6.54 Å². The highest BCUT2D eigenvalue weighted by Crippen LogP contribution is 2.28. The van der Waals surface area contributed by atoms with Crippen molar-refractivity contribution >= 4 is 23.4 Å². The van der Waals surface area contributed by atoms with Gasteiger partial charge in [-0.3, -0.25) is 9.36 Å². The van der Waals surface area contributed by atoms with Crippen molar-refractivity contribution in [2.75, 3.05) is 14.1 Å². The number of benzene rings is 2. The van der Waals surface area contributed by atoms with Gasteiger partial charge in [0.25, 0.3) is 5.56 Å². The van der Waals surface area contributed by atoms with Crippen LogP contribution in [0.15, 0.2) is 70.4 Å². The number of hydrogen-bond acceptors (Lipinski definition) is 5. The summed E-state index contributed by atoms with van der Waals surface area (Å²) in [7, 11) is 4.04. The van der Waals surface area contributed by atoms with E-state index in [1.165, 1.54) is 15.2 Å². The van der Waals surface area contributed by atoms with Gasteiger partial charge in [-0.25, -0.2) is 18.7 Å². The van der Waals surface area contributed by atoms with E-state index in [0.717, 1.165) is 42.3 Å². The maximum absolute atomic E-state index is 14.2. The maximum Gasteiger partial charge on any atom is 0.337 e. The Hall–Kier alpha value is -3.33. The molecule has 194 valence electrons. The lowest BCUT2D eigenvalue weighted by Crippen LogP contribution is -2.44. The topological polar surface area (TPSA) is 86.1 Å². The number of nitrogens with zero attached hydrogens (tertiary/aromatic N) is 4. The molecule has 1 aliphatic carbocycles. The third-order valence-corrected chi connectivity index (χ3v) is 6.92. The molecule has 5 rings (SSSR count). The Balaban J connectivity index is 0.00000320. The highest BCUT2D eigenvalue weighted by atomic mass is 35.5. The van der Waals surface area contributed by atoms with E-state index in [1.807, 2.05) is 50.5 Å². The van der Waals surface area contributed by atoms with Gasteiger partial charge in [0.15, 0.2) is 5.65 Å². The van der Waals surface area contributed by atoms with Crippen LogP contribution >= 0.6 is 12.4 Å². The van der Waals surface area contributed by atoms with Crippen molar-refractivity contribution in [3.8, 4) is 16.8 Å². The second kappa shape index (κ2) is 11.0. The van der Waals surface area contributed by atoms with Crippen LogP contribution in [0.25, 0.3) is 27.8 Å². The Kier molecular flexibility index (Phi) is 7.92. The van der Waals surface area contributed by atoms with E-state index in [-0.39, 0.29) is 35.5 Å². The van der Waals surface area contributed by atoms with E-state index in [9.17, 15) is 14.0 Å². The predicted octanol–water partition coefficient (Wildman–Crippen LogP) is 4.28. The number of hydrogen-bond donors (Lipinski definition) is 1. The lowest BCUT2D eigenvalue weighted by Gasteiger charge is -2.28. The third kappa shape index (κ3) is 5.23. The lowest BCUT2D eigenvalue weighted by atomic mass is 9.91.